The molecular weight excluding hydrogens is 243 g/mol. The molecule has 2 nitrogen and oxygen atoms in total. The Morgan fingerprint density at radius 1 is 1.53 bits per heavy atom. The lowest BCUT2D eigenvalue weighted by Gasteiger charge is -2.19. The maximum Gasteiger partial charge on any atom is 0.304 e. The van der Waals surface area contributed by atoms with Gasteiger partial charge < -0.3 is 5.11 Å². The molecule has 0 spiro atoms. The van der Waals surface area contributed by atoms with Crippen LogP contribution in [0.1, 0.15) is 36.0 Å². The van der Waals surface area contributed by atoms with Crippen LogP contribution in [0.4, 0.5) is 4.39 Å². The minimum atomic E-state index is -0.890. The summed E-state index contributed by atoms with van der Waals surface area (Å²) in [5.74, 6) is -1.34. The molecule has 1 fully saturated rings. The van der Waals surface area contributed by atoms with Gasteiger partial charge in [0.25, 0.3) is 0 Å². The fourth-order valence-corrected chi connectivity index (χ4v) is 2.69. The van der Waals surface area contributed by atoms with Crippen molar-refractivity contribution in [3.8, 4) is 0 Å². The molecule has 0 unspecified atom stereocenters. The third-order valence-corrected chi connectivity index (χ3v) is 3.89. The zero-order valence-corrected chi connectivity index (χ0v) is 10.6. The van der Waals surface area contributed by atoms with Gasteiger partial charge in [-0.25, -0.2) is 4.39 Å². The van der Waals surface area contributed by atoms with Crippen molar-refractivity contribution in [2.24, 2.45) is 0 Å². The number of hydrogen-bond donors (Lipinski definition) is 1. The first kappa shape index (κ1) is 12.4. The van der Waals surface area contributed by atoms with Crippen molar-refractivity contribution in [1.82, 2.24) is 0 Å². The molecule has 2 rings (SSSR count). The van der Waals surface area contributed by atoms with Crippen molar-refractivity contribution in [2.75, 3.05) is 0 Å². The second-order valence-corrected chi connectivity index (χ2v) is 5.25. The van der Waals surface area contributed by atoms with Crippen molar-refractivity contribution < 1.29 is 14.3 Å². The smallest absolute Gasteiger partial charge is 0.304 e. The topological polar surface area (TPSA) is 37.3 Å². The lowest BCUT2D eigenvalue weighted by Crippen LogP contribution is -2.17. The lowest BCUT2D eigenvalue weighted by atomic mass is 9.86. The van der Waals surface area contributed by atoms with Gasteiger partial charge >= 0.3 is 5.97 Å². The summed E-state index contributed by atoms with van der Waals surface area (Å²) in [4.78, 5) is 10.9. The third kappa shape index (κ3) is 2.04. The second-order valence-electron chi connectivity index (χ2n) is 4.84. The van der Waals surface area contributed by atoms with E-state index >= 15 is 0 Å². The van der Waals surface area contributed by atoms with Gasteiger partial charge in [-0.15, -0.1) is 0 Å². The summed E-state index contributed by atoms with van der Waals surface area (Å²) >= 11 is 5.84. The monoisotopic (exact) mass is 256 g/mol. The normalized spacial score (nSPS) is 16.9. The van der Waals surface area contributed by atoms with E-state index in [0.717, 1.165) is 24.0 Å². The van der Waals surface area contributed by atoms with Gasteiger partial charge in [-0.2, -0.15) is 0 Å². The van der Waals surface area contributed by atoms with Crippen LogP contribution in [0.15, 0.2) is 6.07 Å². The Kier molecular flexibility index (Phi) is 2.90. The molecule has 1 N–H and O–H groups in total. The summed E-state index contributed by atoms with van der Waals surface area (Å²) in [6, 6.07) is 1.59. The fraction of sp³-hybridized carbons (Fsp3) is 0.462. The van der Waals surface area contributed by atoms with Crippen LogP contribution in [0.3, 0.4) is 0 Å². The maximum atomic E-state index is 14.1. The quantitative estimate of drug-likeness (QED) is 0.897. The summed E-state index contributed by atoms with van der Waals surface area (Å²) in [6.45, 7) is 3.69. The minimum absolute atomic E-state index is 0.0233. The number of hydrogen-bond acceptors (Lipinski definition) is 1. The van der Waals surface area contributed by atoms with E-state index in [4.69, 9.17) is 16.7 Å². The fourth-order valence-electron chi connectivity index (χ4n) is 2.43. The van der Waals surface area contributed by atoms with E-state index in [0.29, 0.717) is 5.56 Å². The number of carbonyl (C=O) groups is 1. The Morgan fingerprint density at radius 2 is 2.12 bits per heavy atom. The van der Waals surface area contributed by atoms with Crippen molar-refractivity contribution in [3.63, 3.8) is 0 Å². The summed E-state index contributed by atoms with van der Waals surface area (Å²) < 4.78 is 14.1. The van der Waals surface area contributed by atoms with Crippen LogP contribution in [0.25, 0.3) is 0 Å². The molecule has 0 aromatic heterocycles. The first-order chi connectivity index (χ1) is 7.87. The molecule has 1 saturated carbocycles. The number of aliphatic carboxylic acids is 1. The van der Waals surface area contributed by atoms with Gasteiger partial charge in [0.15, 0.2) is 0 Å². The van der Waals surface area contributed by atoms with Gasteiger partial charge in [-0.05, 0) is 49.4 Å². The zero-order chi connectivity index (χ0) is 12.8. The highest BCUT2D eigenvalue weighted by Crippen LogP contribution is 2.54. The zero-order valence-electron chi connectivity index (χ0n) is 9.81. The number of carboxylic acid groups (broad SMARTS) is 1. The van der Waals surface area contributed by atoms with Crippen LogP contribution >= 0.6 is 11.6 Å². The van der Waals surface area contributed by atoms with E-state index in [-0.39, 0.29) is 11.4 Å². The Labute approximate surface area is 104 Å². The van der Waals surface area contributed by atoms with Gasteiger partial charge in [0.1, 0.15) is 5.82 Å². The summed E-state index contributed by atoms with van der Waals surface area (Å²) in [5.41, 5.74) is 1.70. The molecule has 1 aliphatic rings. The van der Waals surface area contributed by atoms with Crippen LogP contribution in [0, 0.1) is 19.7 Å². The highest BCUT2D eigenvalue weighted by Gasteiger charge is 2.49. The SMILES string of the molecule is Cc1cc(Cl)c(F)c(C2(CC(=O)O)CC2)c1C. The predicted molar refractivity (Wildman–Crippen MR) is 64.0 cm³/mol. The molecule has 1 aromatic carbocycles. The molecule has 0 amide bonds. The molecule has 1 aliphatic carbocycles. The summed E-state index contributed by atoms with van der Waals surface area (Å²) in [6.07, 6.45) is 1.41. The third-order valence-electron chi connectivity index (χ3n) is 3.61. The molecule has 0 saturated heterocycles. The molecule has 0 bridgehead atoms. The second kappa shape index (κ2) is 3.98. The van der Waals surface area contributed by atoms with Gasteiger partial charge in [0.05, 0.1) is 11.4 Å². The molecule has 17 heavy (non-hydrogen) atoms. The standard InChI is InChI=1S/C13H14ClFO2/c1-7-5-9(14)12(15)11(8(7)2)13(3-4-13)6-10(16)17/h5H,3-4,6H2,1-2H3,(H,16,17). The molecule has 0 atom stereocenters. The highest BCUT2D eigenvalue weighted by atomic mass is 35.5. The van der Waals surface area contributed by atoms with E-state index < -0.39 is 17.2 Å². The number of carboxylic acids is 1. The van der Waals surface area contributed by atoms with E-state index in [1.807, 2.05) is 13.8 Å². The summed E-state index contributed by atoms with van der Waals surface area (Å²) in [5, 5.41) is 9.00. The van der Waals surface area contributed by atoms with Gasteiger partial charge in [0.2, 0.25) is 0 Å². The number of benzene rings is 1. The first-order valence-electron chi connectivity index (χ1n) is 5.55. The molecule has 0 aliphatic heterocycles. The largest absolute Gasteiger partial charge is 0.481 e. The van der Waals surface area contributed by atoms with Crippen LogP contribution in [-0.4, -0.2) is 11.1 Å². The van der Waals surface area contributed by atoms with Crippen LogP contribution in [0.5, 0.6) is 0 Å². The van der Waals surface area contributed by atoms with Crippen LogP contribution in [0.2, 0.25) is 5.02 Å². The molecule has 0 heterocycles. The molecule has 0 radical (unpaired) electrons. The van der Waals surface area contributed by atoms with Gasteiger partial charge in [0, 0.05) is 5.41 Å². The van der Waals surface area contributed by atoms with E-state index in [1.54, 1.807) is 6.07 Å². The Morgan fingerprint density at radius 3 is 2.59 bits per heavy atom. The van der Waals surface area contributed by atoms with Crippen LogP contribution < -0.4 is 0 Å². The Hall–Kier alpha value is -1.09. The lowest BCUT2D eigenvalue weighted by molar-refractivity contribution is -0.137. The van der Waals surface area contributed by atoms with E-state index in [9.17, 15) is 9.18 Å². The molecule has 92 valence electrons. The minimum Gasteiger partial charge on any atom is -0.481 e. The molecular formula is C13H14ClFO2. The van der Waals surface area contributed by atoms with Gasteiger partial charge in [-0.1, -0.05) is 11.6 Å². The number of aryl methyl sites for hydroxylation is 1. The Balaban J connectivity index is 2.55. The van der Waals surface area contributed by atoms with E-state index in [2.05, 4.69) is 0 Å². The highest BCUT2D eigenvalue weighted by molar-refractivity contribution is 6.30. The summed E-state index contributed by atoms with van der Waals surface area (Å²) in [7, 11) is 0. The number of halogens is 2. The Bertz CT molecular complexity index is 466. The van der Waals surface area contributed by atoms with Crippen LogP contribution in [-0.2, 0) is 10.2 Å². The van der Waals surface area contributed by atoms with Crippen molar-refractivity contribution in [1.29, 1.82) is 0 Å². The number of rotatable bonds is 3. The van der Waals surface area contributed by atoms with E-state index in [1.165, 1.54) is 0 Å². The maximum absolute atomic E-state index is 14.1. The van der Waals surface area contributed by atoms with Crippen molar-refractivity contribution >= 4 is 17.6 Å². The first-order valence-corrected chi connectivity index (χ1v) is 5.93. The molecule has 4 heteroatoms. The molecule has 1 aromatic rings. The average Bonchev–Trinajstić information content (AvgIpc) is 2.95. The van der Waals surface area contributed by atoms with Gasteiger partial charge in [-0.3, -0.25) is 4.79 Å². The predicted octanol–water partition coefficient (Wildman–Crippen LogP) is 3.60. The average molecular weight is 257 g/mol. The van der Waals surface area contributed by atoms with Crippen molar-refractivity contribution in [3.05, 3.63) is 33.6 Å². The van der Waals surface area contributed by atoms with Crippen molar-refractivity contribution in [2.45, 2.75) is 38.5 Å².